The molecule has 8 heteroatoms. The fourth-order valence-electron chi connectivity index (χ4n) is 3.42. The van der Waals surface area contributed by atoms with E-state index in [9.17, 15) is 13.2 Å². The lowest BCUT2D eigenvalue weighted by Crippen LogP contribution is -2.45. The van der Waals surface area contributed by atoms with Gasteiger partial charge in [-0.2, -0.15) is 0 Å². The SMILES string of the molecule is Cc1cc(N2C[C@@H](C)O[C@@H](C)C2)ccc1NCCCCC(=O)NS(=O)(=O)C(C)(C)C. The van der Waals surface area contributed by atoms with Gasteiger partial charge in [-0.1, -0.05) is 0 Å². The van der Waals surface area contributed by atoms with E-state index in [1.807, 2.05) is 0 Å². The Bertz CT molecular complexity index is 823. The van der Waals surface area contributed by atoms with Gasteiger partial charge in [-0.3, -0.25) is 9.52 Å². The molecular formula is C22H37N3O4S. The monoisotopic (exact) mass is 439 g/mol. The lowest BCUT2D eigenvalue weighted by Gasteiger charge is -2.37. The molecule has 1 aromatic carbocycles. The van der Waals surface area contributed by atoms with Crippen molar-refractivity contribution in [3.63, 3.8) is 0 Å². The molecule has 170 valence electrons. The average Bonchev–Trinajstić information content (AvgIpc) is 2.60. The van der Waals surface area contributed by atoms with E-state index < -0.39 is 20.7 Å². The average molecular weight is 440 g/mol. The topological polar surface area (TPSA) is 87.7 Å². The Labute approximate surface area is 181 Å². The Morgan fingerprint density at radius 3 is 2.37 bits per heavy atom. The Kier molecular flexibility index (Phi) is 8.16. The van der Waals surface area contributed by atoms with Crippen LogP contribution in [0.1, 0.15) is 59.4 Å². The number of ether oxygens (including phenoxy) is 1. The van der Waals surface area contributed by atoms with Crippen LogP contribution in [0.3, 0.4) is 0 Å². The highest BCUT2D eigenvalue weighted by Gasteiger charge is 2.30. The number of unbranched alkanes of at least 4 members (excludes halogenated alkanes) is 1. The molecular weight excluding hydrogens is 402 g/mol. The van der Waals surface area contributed by atoms with Gasteiger partial charge in [0.1, 0.15) is 0 Å². The molecule has 7 nitrogen and oxygen atoms in total. The van der Waals surface area contributed by atoms with Crippen molar-refractivity contribution in [3.8, 4) is 0 Å². The van der Waals surface area contributed by atoms with E-state index in [0.717, 1.165) is 31.7 Å². The molecule has 0 saturated carbocycles. The molecule has 1 aromatic rings. The number of nitrogens with one attached hydrogen (secondary N) is 2. The summed E-state index contributed by atoms with van der Waals surface area (Å²) in [7, 11) is -3.64. The van der Waals surface area contributed by atoms with Crippen LogP contribution in [0.5, 0.6) is 0 Å². The zero-order valence-corrected chi connectivity index (χ0v) is 19.9. The number of sulfonamides is 1. The molecule has 0 spiro atoms. The lowest BCUT2D eigenvalue weighted by molar-refractivity contribution is -0.119. The predicted molar refractivity (Wildman–Crippen MR) is 123 cm³/mol. The summed E-state index contributed by atoms with van der Waals surface area (Å²) >= 11 is 0. The van der Waals surface area contributed by atoms with E-state index in [1.54, 1.807) is 20.8 Å². The maximum Gasteiger partial charge on any atom is 0.239 e. The third-order valence-electron chi connectivity index (χ3n) is 5.20. The van der Waals surface area contributed by atoms with Gasteiger partial charge in [0.25, 0.3) is 0 Å². The third kappa shape index (κ3) is 6.87. The number of carbonyl (C=O) groups excluding carboxylic acids is 1. The fraction of sp³-hybridized carbons (Fsp3) is 0.682. The summed E-state index contributed by atoms with van der Waals surface area (Å²) in [6, 6.07) is 6.42. The van der Waals surface area contributed by atoms with E-state index in [-0.39, 0.29) is 18.6 Å². The van der Waals surface area contributed by atoms with Crippen molar-refractivity contribution in [2.24, 2.45) is 0 Å². The van der Waals surface area contributed by atoms with E-state index in [1.165, 1.54) is 11.3 Å². The molecule has 30 heavy (non-hydrogen) atoms. The van der Waals surface area contributed by atoms with E-state index >= 15 is 0 Å². The van der Waals surface area contributed by atoms with E-state index in [4.69, 9.17) is 4.74 Å². The summed E-state index contributed by atoms with van der Waals surface area (Å²) in [6.45, 7) is 13.5. The summed E-state index contributed by atoms with van der Waals surface area (Å²) in [5.74, 6) is -0.445. The van der Waals surface area contributed by atoms with Gasteiger partial charge in [0.2, 0.25) is 15.9 Å². The second-order valence-corrected chi connectivity index (χ2v) is 11.6. The summed E-state index contributed by atoms with van der Waals surface area (Å²) in [4.78, 5) is 14.3. The number of morpholine rings is 1. The van der Waals surface area contributed by atoms with Gasteiger partial charge in [0.15, 0.2) is 0 Å². The first-order valence-corrected chi connectivity index (χ1v) is 12.2. The van der Waals surface area contributed by atoms with Gasteiger partial charge in [-0.25, -0.2) is 8.42 Å². The Balaban J connectivity index is 1.77. The number of anilines is 2. The van der Waals surface area contributed by atoms with Crippen molar-refractivity contribution in [2.75, 3.05) is 29.9 Å². The minimum Gasteiger partial charge on any atom is -0.385 e. The molecule has 1 fully saturated rings. The van der Waals surface area contributed by atoms with E-state index in [2.05, 4.69) is 53.9 Å². The van der Waals surface area contributed by atoms with Crippen molar-refractivity contribution < 1.29 is 17.9 Å². The number of rotatable bonds is 8. The summed E-state index contributed by atoms with van der Waals surface area (Å²) in [5, 5.41) is 3.41. The first-order chi connectivity index (χ1) is 13.9. The van der Waals surface area contributed by atoms with Gasteiger partial charge in [0.05, 0.1) is 17.0 Å². The van der Waals surface area contributed by atoms with Crippen molar-refractivity contribution >= 4 is 27.3 Å². The first-order valence-electron chi connectivity index (χ1n) is 10.7. The largest absolute Gasteiger partial charge is 0.385 e. The van der Waals surface area contributed by atoms with Crippen molar-refractivity contribution in [2.45, 2.75) is 77.8 Å². The Morgan fingerprint density at radius 1 is 1.17 bits per heavy atom. The number of hydrogen-bond acceptors (Lipinski definition) is 6. The molecule has 0 aliphatic carbocycles. The van der Waals surface area contributed by atoms with Crippen LogP contribution in [0.2, 0.25) is 0 Å². The third-order valence-corrected chi connectivity index (χ3v) is 7.30. The molecule has 0 bridgehead atoms. The van der Waals surface area contributed by atoms with Crippen LogP contribution in [0.15, 0.2) is 18.2 Å². The van der Waals surface area contributed by atoms with Crippen LogP contribution < -0.4 is 14.9 Å². The van der Waals surface area contributed by atoms with Crippen molar-refractivity contribution in [1.82, 2.24) is 4.72 Å². The summed E-state index contributed by atoms with van der Waals surface area (Å²) in [6.07, 6.45) is 2.05. The minimum atomic E-state index is -3.64. The highest BCUT2D eigenvalue weighted by Crippen LogP contribution is 2.25. The van der Waals surface area contributed by atoms with Gasteiger partial charge >= 0.3 is 0 Å². The second-order valence-electron chi connectivity index (χ2n) is 9.19. The molecule has 2 atom stereocenters. The maximum absolute atomic E-state index is 12.0. The van der Waals surface area contributed by atoms with Crippen LogP contribution in [-0.2, 0) is 19.6 Å². The quantitative estimate of drug-likeness (QED) is 0.604. The standard InChI is InChI=1S/C22H37N3O4S/c1-16-13-19(25-14-17(2)29-18(3)15-25)10-11-20(16)23-12-8-7-9-21(26)24-30(27,28)22(4,5)6/h10-11,13,17-18,23H,7-9,12,14-15H2,1-6H3,(H,24,26)/t17-,18+. The van der Waals surface area contributed by atoms with Gasteiger partial charge < -0.3 is 15.0 Å². The van der Waals surface area contributed by atoms with Crippen LogP contribution in [0, 0.1) is 6.92 Å². The highest BCUT2D eigenvalue weighted by atomic mass is 32.2. The van der Waals surface area contributed by atoms with Crippen LogP contribution in [0.4, 0.5) is 11.4 Å². The summed E-state index contributed by atoms with van der Waals surface area (Å²) in [5.41, 5.74) is 3.46. The highest BCUT2D eigenvalue weighted by molar-refractivity contribution is 7.91. The molecule has 1 heterocycles. The normalized spacial score (nSPS) is 20.1. The smallest absolute Gasteiger partial charge is 0.239 e. The lowest BCUT2D eigenvalue weighted by atomic mass is 10.1. The van der Waals surface area contributed by atoms with Crippen molar-refractivity contribution in [1.29, 1.82) is 0 Å². The number of hydrogen-bond donors (Lipinski definition) is 2. The van der Waals surface area contributed by atoms with Crippen molar-refractivity contribution in [3.05, 3.63) is 23.8 Å². The number of carbonyl (C=O) groups is 1. The van der Waals surface area contributed by atoms with Crippen LogP contribution in [-0.4, -0.2) is 50.9 Å². The molecule has 2 N–H and O–H groups in total. The maximum atomic E-state index is 12.0. The van der Waals surface area contributed by atoms with Gasteiger partial charge in [-0.15, -0.1) is 0 Å². The van der Waals surface area contributed by atoms with E-state index in [0.29, 0.717) is 6.42 Å². The number of aryl methyl sites for hydroxylation is 1. The summed E-state index contributed by atoms with van der Waals surface area (Å²) < 4.78 is 31.0. The molecule has 1 aliphatic heterocycles. The molecule has 1 aliphatic rings. The number of benzene rings is 1. The minimum absolute atomic E-state index is 0.197. The fourth-order valence-corrected chi connectivity index (χ4v) is 4.13. The molecule has 2 rings (SSSR count). The van der Waals surface area contributed by atoms with Crippen LogP contribution in [0.25, 0.3) is 0 Å². The zero-order chi connectivity index (χ0) is 22.5. The predicted octanol–water partition coefficient (Wildman–Crippen LogP) is 3.44. The number of amides is 1. The second kappa shape index (κ2) is 10.0. The molecule has 1 saturated heterocycles. The molecule has 0 radical (unpaired) electrons. The van der Waals surface area contributed by atoms with Gasteiger partial charge in [0, 0.05) is 37.4 Å². The molecule has 0 unspecified atom stereocenters. The molecule has 1 amide bonds. The Hall–Kier alpha value is -1.80. The van der Waals surface area contributed by atoms with Gasteiger partial charge in [-0.05, 0) is 78.1 Å². The number of nitrogens with zero attached hydrogens (tertiary/aromatic N) is 1. The Morgan fingerprint density at radius 2 is 1.80 bits per heavy atom. The first kappa shape index (κ1) is 24.5. The molecule has 0 aromatic heterocycles. The zero-order valence-electron chi connectivity index (χ0n) is 19.1. The van der Waals surface area contributed by atoms with Crippen LogP contribution >= 0.6 is 0 Å².